The molecule has 1 aromatic carbocycles. The average molecular weight is 595 g/mol. The van der Waals surface area contributed by atoms with Gasteiger partial charge in [-0.1, -0.05) is 65.8 Å². The van der Waals surface area contributed by atoms with Crippen molar-refractivity contribution in [3.05, 3.63) is 51.5 Å². The first-order valence-corrected chi connectivity index (χ1v) is 14.6. The van der Waals surface area contributed by atoms with E-state index in [0.717, 1.165) is 36.3 Å². The number of carbonyl (C=O) groups excluding carboxylic acids is 2. The maximum absolute atomic E-state index is 13.2. The lowest BCUT2D eigenvalue weighted by atomic mass is 9.98. The number of carboxylic acid groups (broad SMARTS) is 1. The second kappa shape index (κ2) is 14.1. The summed E-state index contributed by atoms with van der Waals surface area (Å²) in [6.07, 6.45) is 5.38. The van der Waals surface area contributed by atoms with Gasteiger partial charge in [0.25, 0.3) is 0 Å². The SMILES string of the molecule is CCCCc1ncc(CNC(=O)C(CSC(=O)C(C)(C)C)CC(C)C)n1Cc1ccc(C(=O)O)c(Br)c1. The fourth-order valence-electron chi connectivity index (χ4n) is 3.87. The summed E-state index contributed by atoms with van der Waals surface area (Å²) in [6, 6.07) is 5.22. The molecule has 0 aliphatic heterocycles. The van der Waals surface area contributed by atoms with Gasteiger partial charge in [0.1, 0.15) is 5.82 Å². The van der Waals surface area contributed by atoms with E-state index in [9.17, 15) is 19.5 Å². The van der Waals surface area contributed by atoms with Crippen LogP contribution in [0.2, 0.25) is 0 Å². The molecule has 0 aliphatic rings. The maximum atomic E-state index is 13.2. The van der Waals surface area contributed by atoms with E-state index >= 15 is 0 Å². The van der Waals surface area contributed by atoms with E-state index < -0.39 is 11.4 Å². The molecule has 2 N–H and O–H groups in total. The molecule has 1 heterocycles. The molecule has 0 fully saturated rings. The van der Waals surface area contributed by atoms with Crippen molar-refractivity contribution in [2.24, 2.45) is 17.3 Å². The van der Waals surface area contributed by atoms with Gasteiger partial charge in [-0.2, -0.15) is 0 Å². The molecule has 0 spiro atoms. The lowest BCUT2D eigenvalue weighted by Gasteiger charge is -2.21. The summed E-state index contributed by atoms with van der Waals surface area (Å²) in [5, 5.41) is 12.5. The fraction of sp³-hybridized carbons (Fsp3) is 0.571. The molecule has 37 heavy (non-hydrogen) atoms. The number of aromatic nitrogens is 2. The molecule has 7 nitrogen and oxygen atoms in total. The minimum atomic E-state index is -0.980. The number of hydrogen-bond donors (Lipinski definition) is 2. The molecule has 1 unspecified atom stereocenters. The lowest BCUT2D eigenvalue weighted by molar-refractivity contribution is -0.125. The van der Waals surface area contributed by atoms with Crippen molar-refractivity contribution in [1.82, 2.24) is 14.9 Å². The molecule has 1 atom stereocenters. The summed E-state index contributed by atoms with van der Waals surface area (Å²) in [5.74, 6) is 0.442. The van der Waals surface area contributed by atoms with Crippen LogP contribution in [0, 0.1) is 17.3 Å². The molecule has 204 valence electrons. The van der Waals surface area contributed by atoms with E-state index in [4.69, 9.17) is 0 Å². The number of amides is 1. The monoisotopic (exact) mass is 593 g/mol. The zero-order valence-electron chi connectivity index (χ0n) is 22.8. The smallest absolute Gasteiger partial charge is 0.336 e. The van der Waals surface area contributed by atoms with Crippen LogP contribution in [0.3, 0.4) is 0 Å². The summed E-state index contributed by atoms with van der Waals surface area (Å²) in [7, 11) is 0. The van der Waals surface area contributed by atoms with Gasteiger partial charge < -0.3 is 15.0 Å². The molecule has 0 saturated heterocycles. The van der Waals surface area contributed by atoms with Crippen molar-refractivity contribution < 1.29 is 19.5 Å². The zero-order chi connectivity index (χ0) is 27.8. The maximum Gasteiger partial charge on any atom is 0.336 e. The van der Waals surface area contributed by atoms with E-state index in [0.29, 0.717) is 35.7 Å². The van der Waals surface area contributed by atoms with Crippen LogP contribution < -0.4 is 5.32 Å². The number of benzene rings is 1. The number of thioether (sulfide) groups is 1. The molecule has 2 rings (SSSR count). The average Bonchev–Trinajstić information content (AvgIpc) is 3.18. The van der Waals surface area contributed by atoms with Gasteiger partial charge in [0, 0.05) is 34.5 Å². The molecular weight excluding hydrogens is 554 g/mol. The van der Waals surface area contributed by atoms with Crippen LogP contribution in [-0.2, 0) is 29.1 Å². The molecule has 1 aromatic heterocycles. The highest BCUT2D eigenvalue weighted by atomic mass is 79.9. The third-order valence-corrected chi connectivity index (χ3v) is 8.08. The van der Waals surface area contributed by atoms with E-state index in [1.807, 2.05) is 32.9 Å². The highest BCUT2D eigenvalue weighted by Crippen LogP contribution is 2.27. The number of aromatic carboxylic acids is 1. The number of unbranched alkanes of at least 4 members (excludes halogenated alkanes) is 1. The number of hydrogen-bond acceptors (Lipinski definition) is 5. The molecule has 2 aromatic rings. The third-order valence-electron chi connectivity index (χ3n) is 5.98. The Kier molecular flexibility index (Phi) is 11.9. The summed E-state index contributed by atoms with van der Waals surface area (Å²) in [4.78, 5) is 41.6. The summed E-state index contributed by atoms with van der Waals surface area (Å²) >= 11 is 4.61. The Labute approximate surface area is 233 Å². The summed E-state index contributed by atoms with van der Waals surface area (Å²) in [6.45, 7) is 12.8. The first-order valence-electron chi connectivity index (χ1n) is 12.8. The highest BCUT2D eigenvalue weighted by Gasteiger charge is 2.26. The Bertz CT molecular complexity index is 1090. The van der Waals surface area contributed by atoms with Gasteiger partial charge in [0.15, 0.2) is 5.12 Å². The van der Waals surface area contributed by atoms with Crippen LogP contribution in [0.5, 0.6) is 0 Å². The first kappa shape index (κ1) is 31.1. The van der Waals surface area contributed by atoms with Crippen LogP contribution in [0.1, 0.15) is 88.2 Å². The Hall–Kier alpha value is -2.13. The lowest BCUT2D eigenvalue weighted by Crippen LogP contribution is -2.34. The Morgan fingerprint density at radius 2 is 1.92 bits per heavy atom. The molecule has 0 radical (unpaired) electrons. The van der Waals surface area contributed by atoms with Crippen LogP contribution in [0.25, 0.3) is 0 Å². The second-order valence-corrected chi connectivity index (χ2v) is 12.7. The van der Waals surface area contributed by atoms with Crippen LogP contribution in [0.15, 0.2) is 28.9 Å². The van der Waals surface area contributed by atoms with Crippen molar-refractivity contribution in [2.75, 3.05) is 5.75 Å². The van der Waals surface area contributed by atoms with Crippen molar-refractivity contribution >= 4 is 44.7 Å². The number of halogens is 1. The number of nitrogens with zero attached hydrogens (tertiary/aromatic N) is 2. The third kappa shape index (κ3) is 9.60. The van der Waals surface area contributed by atoms with Gasteiger partial charge in [0.05, 0.1) is 24.0 Å². The molecular formula is C28H40BrN3O4S. The normalized spacial score (nSPS) is 12.5. The largest absolute Gasteiger partial charge is 0.478 e. The summed E-state index contributed by atoms with van der Waals surface area (Å²) < 4.78 is 2.63. The number of nitrogens with one attached hydrogen (secondary N) is 1. The minimum Gasteiger partial charge on any atom is -0.478 e. The molecule has 0 saturated carbocycles. The highest BCUT2D eigenvalue weighted by molar-refractivity contribution is 9.10. The Morgan fingerprint density at radius 1 is 1.22 bits per heavy atom. The quantitative estimate of drug-likeness (QED) is 0.282. The minimum absolute atomic E-state index is 0.0562. The second-order valence-electron chi connectivity index (χ2n) is 10.9. The molecule has 0 bridgehead atoms. The Balaban J connectivity index is 2.19. The van der Waals surface area contributed by atoms with E-state index in [2.05, 4.69) is 51.6 Å². The van der Waals surface area contributed by atoms with Crippen molar-refractivity contribution in [1.29, 1.82) is 0 Å². The van der Waals surface area contributed by atoms with Gasteiger partial charge >= 0.3 is 5.97 Å². The number of rotatable bonds is 13. The first-order chi connectivity index (χ1) is 17.3. The number of imidazole rings is 1. The van der Waals surface area contributed by atoms with E-state index in [1.54, 1.807) is 12.3 Å². The van der Waals surface area contributed by atoms with Crippen LogP contribution in [0.4, 0.5) is 0 Å². The Morgan fingerprint density at radius 3 is 2.49 bits per heavy atom. The van der Waals surface area contributed by atoms with E-state index in [-0.39, 0.29) is 22.5 Å². The van der Waals surface area contributed by atoms with Gasteiger partial charge in [-0.15, -0.1) is 0 Å². The van der Waals surface area contributed by atoms with E-state index in [1.165, 1.54) is 11.8 Å². The topological polar surface area (TPSA) is 101 Å². The predicted molar refractivity (Wildman–Crippen MR) is 153 cm³/mol. The number of aryl methyl sites for hydroxylation is 1. The van der Waals surface area contributed by atoms with Gasteiger partial charge in [-0.05, 0) is 52.4 Å². The molecule has 9 heteroatoms. The zero-order valence-corrected chi connectivity index (χ0v) is 25.2. The van der Waals surface area contributed by atoms with Gasteiger partial charge in [-0.3, -0.25) is 9.59 Å². The standard InChI is InChI=1S/C28H40BrN3O4S/c1-7-8-9-24-30-14-21(32(24)16-19-10-11-22(26(34)35)23(29)13-19)15-31-25(33)20(12-18(2)3)17-37-27(36)28(4,5)6/h10-11,13-14,18,20H,7-9,12,15-17H2,1-6H3,(H,31,33)(H,34,35). The number of carbonyl (C=O) groups is 3. The van der Waals surface area contributed by atoms with Gasteiger partial charge in [-0.25, -0.2) is 9.78 Å². The number of carboxylic acids is 1. The summed E-state index contributed by atoms with van der Waals surface area (Å²) in [5.41, 5.74) is 1.60. The molecule has 0 aliphatic carbocycles. The molecule has 1 amide bonds. The predicted octanol–water partition coefficient (Wildman–Crippen LogP) is 6.32. The van der Waals surface area contributed by atoms with Crippen LogP contribution >= 0.6 is 27.7 Å². The van der Waals surface area contributed by atoms with Crippen molar-refractivity contribution in [3.63, 3.8) is 0 Å². The van der Waals surface area contributed by atoms with Gasteiger partial charge in [0.2, 0.25) is 5.91 Å². The van der Waals surface area contributed by atoms with Crippen molar-refractivity contribution in [3.8, 4) is 0 Å². The van der Waals surface area contributed by atoms with Crippen molar-refractivity contribution in [2.45, 2.75) is 80.3 Å². The van der Waals surface area contributed by atoms with Crippen LogP contribution in [-0.4, -0.2) is 37.4 Å². The fourth-order valence-corrected chi connectivity index (χ4v) is 5.54.